The minimum atomic E-state index is 1.09. The lowest BCUT2D eigenvalue weighted by Gasteiger charge is -2.26. The van der Waals surface area contributed by atoms with Crippen LogP contribution in [-0.2, 0) is 0 Å². The highest BCUT2D eigenvalue weighted by Crippen LogP contribution is 2.41. The van der Waals surface area contributed by atoms with Crippen LogP contribution in [0.5, 0.6) is 0 Å². The number of fused-ring (bicyclic) bond motifs is 5. The fraction of sp³-hybridized carbons (Fsp3) is 0. The second-order valence-corrected chi connectivity index (χ2v) is 16.5. The summed E-state index contributed by atoms with van der Waals surface area (Å²) in [4.78, 5) is 2.37. The zero-order valence-corrected chi connectivity index (χ0v) is 35.1. The molecule has 0 bridgehead atoms. The van der Waals surface area contributed by atoms with Gasteiger partial charge in [-0.1, -0.05) is 200 Å². The van der Waals surface area contributed by atoms with Gasteiger partial charge in [-0.2, -0.15) is 0 Å². The van der Waals surface area contributed by atoms with Crippen LogP contribution in [0, 0.1) is 0 Å². The minimum absolute atomic E-state index is 1.09. The summed E-state index contributed by atoms with van der Waals surface area (Å²) in [6.45, 7) is 0. The van der Waals surface area contributed by atoms with Crippen molar-refractivity contribution in [2.24, 2.45) is 0 Å². The molecule has 0 spiro atoms. The van der Waals surface area contributed by atoms with E-state index in [9.17, 15) is 0 Å². The predicted octanol–water partition coefficient (Wildman–Crippen LogP) is 17.2. The smallest absolute Gasteiger partial charge is 0.0541 e. The molecule has 0 aliphatic carbocycles. The zero-order chi connectivity index (χ0) is 42.4. The summed E-state index contributed by atoms with van der Waals surface area (Å²) in [5, 5.41) is 7.52. The van der Waals surface area contributed by atoms with Gasteiger partial charge in [0.05, 0.1) is 16.7 Å². The SMILES string of the molecule is c1cc(-c2cccc3ccccc23)cc(N(c2ccc(-c3ccc(-c4ccccc4-n4c5ccccc5c5ccccc54)cc3)cc2)c2ccc(-c3cccc4ccccc34)cc2)c1. The van der Waals surface area contributed by atoms with Gasteiger partial charge in [0.2, 0.25) is 0 Å². The van der Waals surface area contributed by atoms with Crippen LogP contribution in [-0.4, -0.2) is 4.57 Å². The first kappa shape index (κ1) is 37.3. The molecular formula is C62H42N2. The third-order valence-corrected chi connectivity index (χ3v) is 12.8. The van der Waals surface area contributed by atoms with Gasteiger partial charge in [-0.15, -0.1) is 0 Å². The number of hydrogen-bond donors (Lipinski definition) is 0. The van der Waals surface area contributed by atoms with E-state index >= 15 is 0 Å². The Balaban J connectivity index is 0.909. The summed E-state index contributed by atoms with van der Waals surface area (Å²) in [6.07, 6.45) is 0. The van der Waals surface area contributed by atoms with Gasteiger partial charge < -0.3 is 9.47 Å². The van der Waals surface area contributed by atoms with Gasteiger partial charge in [-0.05, 0) is 115 Å². The van der Waals surface area contributed by atoms with Gasteiger partial charge in [-0.3, -0.25) is 0 Å². The largest absolute Gasteiger partial charge is 0.310 e. The second-order valence-electron chi connectivity index (χ2n) is 16.5. The third-order valence-electron chi connectivity index (χ3n) is 12.8. The Bertz CT molecular complexity index is 3590. The van der Waals surface area contributed by atoms with E-state index < -0.39 is 0 Å². The lowest BCUT2D eigenvalue weighted by molar-refractivity contribution is 1.18. The van der Waals surface area contributed by atoms with Crippen molar-refractivity contribution >= 4 is 60.4 Å². The highest BCUT2D eigenvalue weighted by atomic mass is 15.1. The molecule has 0 atom stereocenters. The maximum absolute atomic E-state index is 2.41. The Hall–Kier alpha value is -8.46. The van der Waals surface area contributed by atoms with Crippen molar-refractivity contribution in [3.05, 3.63) is 255 Å². The van der Waals surface area contributed by atoms with Gasteiger partial charge in [-0.25, -0.2) is 0 Å². The number of benzene rings is 11. The van der Waals surface area contributed by atoms with E-state index in [-0.39, 0.29) is 0 Å². The number of nitrogens with zero attached hydrogens (tertiary/aromatic N) is 2. The molecule has 11 aromatic carbocycles. The van der Waals surface area contributed by atoms with Crippen LogP contribution in [0.1, 0.15) is 0 Å². The Morgan fingerprint density at radius 1 is 0.250 bits per heavy atom. The molecule has 0 aliphatic rings. The Morgan fingerprint density at radius 3 is 1.27 bits per heavy atom. The van der Waals surface area contributed by atoms with E-state index in [4.69, 9.17) is 0 Å². The zero-order valence-electron chi connectivity index (χ0n) is 35.1. The molecular weight excluding hydrogens is 773 g/mol. The molecule has 0 aliphatic heterocycles. The van der Waals surface area contributed by atoms with Crippen molar-refractivity contribution in [3.63, 3.8) is 0 Å². The van der Waals surface area contributed by atoms with Crippen molar-refractivity contribution in [1.82, 2.24) is 4.57 Å². The quantitative estimate of drug-likeness (QED) is 0.148. The van der Waals surface area contributed by atoms with Crippen LogP contribution < -0.4 is 4.90 Å². The Labute approximate surface area is 373 Å². The molecule has 0 saturated carbocycles. The maximum atomic E-state index is 2.41. The molecule has 12 aromatic rings. The molecule has 0 saturated heterocycles. The highest BCUT2D eigenvalue weighted by Gasteiger charge is 2.17. The van der Waals surface area contributed by atoms with Crippen LogP contribution in [0.25, 0.3) is 93.5 Å². The van der Waals surface area contributed by atoms with Crippen LogP contribution in [0.15, 0.2) is 255 Å². The molecule has 12 rings (SSSR count). The number of para-hydroxylation sites is 3. The number of hydrogen-bond acceptors (Lipinski definition) is 1. The number of aromatic nitrogens is 1. The summed E-state index contributed by atoms with van der Waals surface area (Å²) in [6, 6.07) is 92.6. The normalized spacial score (nSPS) is 11.4. The molecule has 2 nitrogen and oxygen atoms in total. The molecule has 0 amide bonds. The molecule has 0 fully saturated rings. The summed E-state index contributed by atoms with van der Waals surface area (Å²) in [7, 11) is 0. The van der Waals surface area contributed by atoms with Crippen LogP contribution in [0.2, 0.25) is 0 Å². The van der Waals surface area contributed by atoms with E-state index in [0.717, 1.165) is 17.1 Å². The number of anilines is 3. The van der Waals surface area contributed by atoms with Gasteiger partial charge in [0, 0.05) is 33.4 Å². The lowest BCUT2D eigenvalue weighted by atomic mass is 9.97. The summed E-state index contributed by atoms with van der Waals surface area (Å²) in [5.74, 6) is 0. The first-order valence-corrected chi connectivity index (χ1v) is 22.0. The van der Waals surface area contributed by atoms with E-state index in [1.54, 1.807) is 0 Å². The van der Waals surface area contributed by atoms with Crippen molar-refractivity contribution in [2.75, 3.05) is 4.90 Å². The molecule has 0 unspecified atom stereocenters. The monoisotopic (exact) mass is 814 g/mol. The Kier molecular flexibility index (Phi) is 9.20. The summed E-state index contributed by atoms with van der Waals surface area (Å²) in [5.41, 5.74) is 16.4. The van der Waals surface area contributed by atoms with Crippen LogP contribution >= 0.6 is 0 Å². The Morgan fingerprint density at radius 2 is 0.656 bits per heavy atom. The molecule has 300 valence electrons. The highest BCUT2D eigenvalue weighted by molar-refractivity contribution is 6.10. The summed E-state index contributed by atoms with van der Waals surface area (Å²) < 4.78 is 2.41. The molecule has 0 radical (unpaired) electrons. The van der Waals surface area contributed by atoms with Gasteiger partial charge >= 0.3 is 0 Å². The van der Waals surface area contributed by atoms with Crippen LogP contribution in [0.4, 0.5) is 17.1 Å². The first-order valence-electron chi connectivity index (χ1n) is 22.0. The predicted molar refractivity (Wildman–Crippen MR) is 272 cm³/mol. The van der Waals surface area contributed by atoms with Crippen molar-refractivity contribution in [2.45, 2.75) is 0 Å². The molecule has 1 aromatic heterocycles. The first-order chi connectivity index (χ1) is 31.7. The standard InChI is InChI=1S/C62H42N2/c1-3-20-53-45(14-1)16-12-25-55(53)47-36-40-51(41-37-47)63(52-19-11-18-49(42-52)56-26-13-17-46-15-2-4-21-54(46)56)50-38-34-44(35-39-50)43-30-32-48(33-31-43)57-22-5-8-27-60(57)64-61-28-9-6-23-58(61)59-24-7-10-29-62(59)64/h1-42H. The van der Waals surface area contributed by atoms with E-state index in [1.807, 2.05) is 0 Å². The average Bonchev–Trinajstić information content (AvgIpc) is 3.71. The van der Waals surface area contributed by atoms with E-state index in [2.05, 4.69) is 264 Å². The molecule has 0 N–H and O–H groups in total. The van der Waals surface area contributed by atoms with E-state index in [1.165, 1.54) is 93.5 Å². The van der Waals surface area contributed by atoms with Crippen molar-refractivity contribution < 1.29 is 0 Å². The fourth-order valence-corrected chi connectivity index (χ4v) is 9.74. The topological polar surface area (TPSA) is 8.17 Å². The minimum Gasteiger partial charge on any atom is -0.310 e. The number of rotatable bonds is 8. The van der Waals surface area contributed by atoms with Crippen LogP contribution in [0.3, 0.4) is 0 Å². The van der Waals surface area contributed by atoms with Crippen molar-refractivity contribution in [1.29, 1.82) is 0 Å². The van der Waals surface area contributed by atoms with E-state index in [0.29, 0.717) is 0 Å². The maximum Gasteiger partial charge on any atom is 0.0541 e. The average molecular weight is 815 g/mol. The molecule has 1 heterocycles. The molecule has 64 heavy (non-hydrogen) atoms. The third kappa shape index (κ3) is 6.52. The summed E-state index contributed by atoms with van der Waals surface area (Å²) >= 11 is 0. The van der Waals surface area contributed by atoms with Gasteiger partial charge in [0.25, 0.3) is 0 Å². The lowest BCUT2D eigenvalue weighted by Crippen LogP contribution is -2.10. The molecule has 2 heteroatoms. The fourth-order valence-electron chi connectivity index (χ4n) is 9.74. The van der Waals surface area contributed by atoms with Gasteiger partial charge in [0.15, 0.2) is 0 Å². The van der Waals surface area contributed by atoms with Gasteiger partial charge in [0.1, 0.15) is 0 Å². The second kappa shape index (κ2) is 15.8. The van der Waals surface area contributed by atoms with Crippen molar-refractivity contribution in [3.8, 4) is 50.2 Å².